The average Bonchev–Trinajstić information content (AvgIpc) is 2.48. The Hall–Kier alpha value is -0.120. The van der Waals surface area contributed by atoms with Crippen molar-refractivity contribution in [2.75, 3.05) is 39.3 Å². The predicted molar refractivity (Wildman–Crippen MR) is 91.4 cm³/mol. The fourth-order valence-corrected chi connectivity index (χ4v) is 4.48. The van der Waals surface area contributed by atoms with Gasteiger partial charge in [0.25, 0.3) is 0 Å². The van der Waals surface area contributed by atoms with Crippen LogP contribution in [0.1, 0.15) is 52.9 Å². The molecule has 1 heterocycles. The van der Waals surface area contributed by atoms with Gasteiger partial charge in [-0.2, -0.15) is 0 Å². The minimum Gasteiger partial charge on any atom is -0.330 e. The van der Waals surface area contributed by atoms with Gasteiger partial charge < -0.3 is 10.6 Å². The van der Waals surface area contributed by atoms with Gasteiger partial charge in [-0.05, 0) is 37.1 Å². The van der Waals surface area contributed by atoms with E-state index in [2.05, 4.69) is 30.6 Å². The summed E-state index contributed by atoms with van der Waals surface area (Å²) >= 11 is 0. The van der Waals surface area contributed by atoms with Gasteiger partial charge in [0.1, 0.15) is 0 Å². The molecule has 1 aliphatic heterocycles. The molecule has 2 aliphatic rings. The van der Waals surface area contributed by atoms with Crippen molar-refractivity contribution in [2.24, 2.45) is 23.5 Å². The van der Waals surface area contributed by atoms with Crippen molar-refractivity contribution in [1.29, 1.82) is 0 Å². The van der Waals surface area contributed by atoms with Crippen LogP contribution in [0.5, 0.6) is 0 Å². The number of rotatable bonds is 6. The fraction of sp³-hybridized carbons (Fsp3) is 1.00. The van der Waals surface area contributed by atoms with Crippen LogP contribution < -0.4 is 5.73 Å². The van der Waals surface area contributed by atoms with Gasteiger partial charge in [0, 0.05) is 38.8 Å². The van der Waals surface area contributed by atoms with Gasteiger partial charge in [-0.1, -0.05) is 40.0 Å². The summed E-state index contributed by atoms with van der Waals surface area (Å²) < 4.78 is 0. The second-order valence-electron chi connectivity index (χ2n) is 7.76. The highest BCUT2D eigenvalue weighted by molar-refractivity contribution is 4.89. The molecule has 1 saturated carbocycles. The number of nitrogens with two attached hydrogens (primary N) is 1. The first-order valence-electron chi connectivity index (χ1n) is 9.30. The molecule has 0 spiro atoms. The van der Waals surface area contributed by atoms with Crippen LogP contribution in [0.15, 0.2) is 0 Å². The van der Waals surface area contributed by atoms with Crippen LogP contribution in [0.3, 0.4) is 0 Å². The molecule has 2 N–H and O–H groups in total. The largest absolute Gasteiger partial charge is 0.330 e. The molecule has 0 radical (unpaired) electrons. The SMILES string of the molecule is CCCC1CCC(CN)C(N2CCN(CC(C)C)CC2)C1. The van der Waals surface area contributed by atoms with Crippen molar-refractivity contribution < 1.29 is 0 Å². The van der Waals surface area contributed by atoms with E-state index in [1.54, 1.807) is 0 Å². The third kappa shape index (κ3) is 4.94. The Morgan fingerprint density at radius 1 is 1.10 bits per heavy atom. The van der Waals surface area contributed by atoms with Gasteiger partial charge in [0.15, 0.2) is 0 Å². The lowest BCUT2D eigenvalue weighted by atomic mass is 9.75. The highest BCUT2D eigenvalue weighted by atomic mass is 15.3. The molecule has 3 unspecified atom stereocenters. The van der Waals surface area contributed by atoms with Crippen LogP contribution in [-0.4, -0.2) is 55.1 Å². The Balaban J connectivity index is 1.86. The summed E-state index contributed by atoms with van der Waals surface area (Å²) in [6, 6.07) is 0.765. The molecule has 3 heteroatoms. The van der Waals surface area contributed by atoms with Gasteiger partial charge in [-0.25, -0.2) is 0 Å². The number of hydrogen-bond donors (Lipinski definition) is 1. The van der Waals surface area contributed by atoms with Gasteiger partial charge in [0.2, 0.25) is 0 Å². The summed E-state index contributed by atoms with van der Waals surface area (Å²) in [6.07, 6.45) is 6.94. The van der Waals surface area contributed by atoms with Crippen LogP contribution in [0.2, 0.25) is 0 Å². The molecule has 1 aliphatic carbocycles. The summed E-state index contributed by atoms with van der Waals surface area (Å²) in [6.45, 7) is 14.1. The zero-order valence-electron chi connectivity index (χ0n) is 14.6. The summed E-state index contributed by atoms with van der Waals surface area (Å²) in [5.74, 6) is 2.49. The zero-order valence-corrected chi connectivity index (χ0v) is 14.6. The number of nitrogens with zero attached hydrogens (tertiary/aromatic N) is 2. The molecule has 1 saturated heterocycles. The Labute approximate surface area is 132 Å². The van der Waals surface area contributed by atoms with Crippen molar-refractivity contribution in [2.45, 2.75) is 58.9 Å². The third-order valence-electron chi connectivity index (χ3n) is 5.56. The molecule has 0 amide bonds. The molecule has 0 aromatic carbocycles. The molecule has 3 atom stereocenters. The molecule has 21 heavy (non-hydrogen) atoms. The quantitative estimate of drug-likeness (QED) is 0.818. The van der Waals surface area contributed by atoms with Crippen molar-refractivity contribution in [3.8, 4) is 0 Å². The van der Waals surface area contributed by atoms with E-state index in [-0.39, 0.29) is 0 Å². The van der Waals surface area contributed by atoms with Crippen LogP contribution in [0.25, 0.3) is 0 Å². The molecule has 124 valence electrons. The maximum Gasteiger partial charge on any atom is 0.0139 e. The Morgan fingerprint density at radius 3 is 2.38 bits per heavy atom. The molecule has 0 aromatic heterocycles. The Morgan fingerprint density at radius 2 is 1.81 bits per heavy atom. The molecule has 3 nitrogen and oxygen atoms in total. The second kappa shape index (κ2) is 8.50. The lowest BCUT2D eigenvalue weighted by Gasteiger charge is -2.46. The summed E-state index contributed by atoms with van der Waals surface area (Å²) in [5.41, 5.74) is 6.08. The lowest BCUT2D eigenvalue weighted by molar-refractivity contribution is 0.0329. The van der Waals surface area contributed by atoms with Crippen LogP contribution in [0.4, 0.5) is 0 Å². The summed E-state index contributed by atoms with van der Waals surface area (Å²) in [4.78, 5) is 5.42. The van der Waals surface area contributed by atoms with Crippen LogP contribution in [0, 0.1) is 17.8 Å². The predicted octanol–water partition coefficient (Wildman–Crippen LogP) is 2.80. The zero-order chi connectivity index (χ0) is 15.2. The van der Waals surface area contributed by atoms with Crippen LogP contribution >= 0.6 is 0 Å². The number of hydrogen-bond acceptors (Lipinski definition) is 3. The Kier molecular flexibility index (Phi) is 6.97. The smallest absolute Gasteiger partial charge is 0.0139 e. The molecular weight excluding hydrogens is 258 g/mol. The maximum absolute atomic E-state index is 6.08. The first kappa shape index (κ1) is 17.2. The Bertz CT molecular complexity index is 284. The first-order valence-corrected chi connectivity index (χ1v) is 9.30. The minimum atomic E-state index is 0.745. The van der Waals surface area contributed by atoms with Gasteiger partial charge in [-0.3, -0.25) is 4.90 Å². The van der Waals surface area contributed by atoms with E-state index in [1.807, 2.05) is 0 Å². The second-order valence-corrected chi connectivity index (χ2v) is 7.76. The van der Waals surface area contributed by atoms with Gasteiger partial charge in [-0.15, -0.1) is 0 Å². The van der Waals surface area contributed by atoms with Crippen molar-refractivity contribution >= 4 is 0 Å². The van der Waals surface area contributed by atoms with E-state index in [1.165, 1.54) is 64.8 Å². The fourth-order valence-electron chi connectivity index (χ4n) is 4.48. The standard InChI is InChI=1S/C18H37N3/c1-4-5-16-6-7-17(13-19)18(12-16)21-10-8-20(9-11-21)14-15(2)3/h15-18H,4-14,19H2,1-3H3. The minimum absolute atomic E-state index is 0.745. The van der Waals surface area contributed by atoms with E-state index in [4.69, 9.17) is 5.73 Å². The maximum atomic E-state index is 6.08. The average molecular weight is 296 g/mol. The molecule has 2 rings (SSSR count). The summed E-state index contributed by atoms with van der Waals surface area (Å²) in [5, 5.41) is 0. The van der Waals surface area contributed by atoms with E-state index in [9.17, 15) is 0 Å². The van der Waals surface area contributed by atoms with Crippen molar-refractivity contribution in [3.63, 3.8) is 0 Å². The number of piperazine rings is 1. The lowest BCUT2D eigenvalue weighted by Crippen LogP contribution is -2.55. The van der Waals surface area contributed by atoms with Crippen LogP contribution in [-0.2, 0) is 0 Å². The van der Waals surface area contributed by atoms with Crippen molar-refractivity contribution in [1.82, 2.24) is 9.80 Å². The molecule has 2 fully saturated rings. The monoisotopic (exact) mass is 295 g/mol. The highest BCUT2D eigenvalue weighted by Gasteiger charge is 2.34. The third-order valence-corrected chi connectivity index (χ3v) is 5.56. The highest BCUT2D eigenvalue weighted by Crippen LogP contribution is 2.34. The normalized spacial score (nSPS) is 32.7. The topological polar surface area (TPSA) is 32.5 Å². The molecule has 0 bridgehead atoms. The molecule has 0 aromatic rings. The van der Waals surface area contributed by atoms with E-state index in [0.717, 1.165) is 30.3 Å². The van der Waals surface area contributed by atoms with Gasteiger partial charge >= 0.3 is 0 Å². The summed E-state index contributed by atoms with van der Waals surface area (Å²) in [7, 11) is 0. The molecular formula is C18H37N3. The van der Waals surface area contributed by atoms with E-state index in [0.29, 0.717) is 0 Å². The van der Waals surface area contributed by atoms with Crippen molar-refractivity contribution in [3.05, 3.63) is 0 Å². The van der Waals surface area contributed by atoms with Gasteiger partial charge in [0.05, 0.1) is 0 Å². The van der Waals surface area contributed by atoms with E-state index < -0.39 is 0 Å². The first-order chi connectivity index (χ1) is 10.1. The van der Waals surface area contributed by atoms with E-state index >= 15 is 0 Å².